The lowest BCUT2D eigenvalue weighted by Gasteiger charge is -2.24. The second-order valence-corrected chi connectivity index (χ2v) is 6.13. The minimum absolute atomic E-state index is 0.0165. The van der Waals surface area contributed by atoms with Gasteiger partial charge in [0.2, 0.25) is 0 Å². The van der Waals surface area contributed by atoms with Crippen molar-refractivity contribution >= 4 is 27.8 Å². The SMILES string of the molecule is CCOC(=O)CN(CC(C)C)C(=O)c1cc(Br)cn1CC. The fourth-order valence-electron chi connectivity index (χ4n) is 2.10. The maximum Gasteiger partial charge on any atom is 0.325 e. The van der Waals surface area contributed by atoms with Gasteiger partial charge in [0, 0.05) is 23.8 Å². The van der Waals surface area contributed by atoms with E-state index in [4.69, 9.17) is 4.74 Å². The molecule has 0 bridgehead atoms. The van der Waals surface area contributed by atoms with Crippen molar-refractivity contribution < 1.29 is 14.3 Å². The summed E-state index contributed by atoms with van der Waals surface area (Å²) in [6, 6.07) is 1.78. The number of aryl methyl sites for hydroxylation is 1. The third-order valence-corrected chi connectivity index (χ3v) is 3.35. The summed E-state index contributed by atoms with van der Waals surface area (Å²) in [6.07, 6.45) is 1.87. The van der Waals surface area contributed by atoms with Crippen LogP contribution in [-0.2, 0) is 16.1 Å². The van der Waals surface area contributed by atoms with E-state index in [1.165, 1.54) is 0 Å². The number of halogens is 1. The monoisotopic (exact) mass is 358 g/mol. The van der Waals surface area contributed by atoms with Gasteiger partial charge < -0.3 is 14.2 Å². The molecule has 0 aromatic carbocycles. The average Bonchev–Trinajstić information content (AvgIpc) is 2.78. The molecule has 1 rings (SSSR count). The molecule has 6 heteroatoms. The molecule has 1 heterocycles. The first kappa shape index (κ1) is 17.8. The van der Waals surface area contributed by atoms with Crippen LogP contribution in [-0.4, -0.2) is 41.0 Å². The number of hydrogen-bond donors (Lipinski definition) is 0. The third kappa shape index (κ3) is 5.19. The van der Waals surface area contributed by atoms with Crippen LogP contribution in [0.25, 0.3) is 0 Å². The smallest absolute Gasteiger partial charge is 0.325 e. The first-order valence-corrected chi connectivity index (χ1v) is 7.98. The fraction of sp³-hybridized carbons (Fsp3) is 0.600. The maximum atomic E-state index is 12.7. The summed E-state index contributed by atoms with van der Waals surface area (Å²) in [5, 5.41) is 0. The molecule has 0 radical (unpaired) electrons. The Balaban J connectivity index is 2.95. The number of esters is 1. The topological polar surface area (TPSA) is 51.5 Å². The van der Waals surface area contributed by atoms with Crippen LogP contribution in [0.15, 0.2) is 16.7 Å². The van der Waals surface area contributed by atoms with E-state index in [1.54, 1.807) is 17.9 Å². The standard InChI is InChI=1S/C15H23BrN2O3/c1-5-17-9-12(16)7-13(17)15(20)18(8-11(3)4)10-14(19)21-6-2/h7,9,11H,5-6,8,10H2,1-4H3. The molecule has 0 atom stereocenters. The Bertz CT molecular complexity index is 497. The molecule has 0 fully saturated rings. The Morgan fingerprint density at radius 3 is 2.57 bits per heavy atom. The van der Waals surface area contributed by atoms with Gasteiger partial charge in [0.1, 0.15) is 12.2 Å². The summed E-state index contributed by atoms with van der Waals surface area (Å²) in [5.74, 6) is -0.249. The molecule has 0 aliphatic rings. The van der Waals surface area contributed by atoms with Gasteiger partial charge in [-0.25, -0.2) is 0 Å². The van der Waals surface area contributed by atoms with Crippen molar-refractivity contribution in [1.29, 1.82) is 0 Å². The molecule has 0 saturated carbocycles. The van der Waals surface area contributed by atoms with Crippen molar-refractivity contribution in [2.24, 2.45) is 5.92 Å². The fourth-order valence-corrected chi connectivity index (χ4v) is 2.56. The summed E-state index contributed by atoms with van der Waals surface area (Å²) in [4.78, 5) is 25.9. The molecular formula is C15H23BrN2O3. The van der Waals surface area contributed by atoms with Gasteiger partial charge in [0.05, 0.1) is 6.61 Å². The molecule has 0 spiro atoms. The number of carbonyl (C=O) groups excluding carboxylic acids is 2. The Morgan fingerprint density at radius 2 is 2.05 bits per heavy atom. The van der Waals surface area contributed by atoms with Gasteiger partial charge in [0.15, 0.2) is 0 Å². The summed E-state index contributed by atoms with van der Waals surface area (Å²) in [7, 11) is 0. The van der Waals surface area contributed by atoms with Crippen molar-refractivity contribution in [1.82, 2.24) is 9.47 Å². The van der Waals surface area contributed by atoms with E-state index < -0.39 is 0 Å². The van der Waals surface area contributed by atoms with Crippen molar-refractivity contribution in [3.8, 4) is 0 Å². The lowest BCUT2D eigenvalue weighted by Crippen LogP contribution is -2.39. The number of amides is 1. The van der Waals surface area contributed by atoms with Crippen molar-refractivity contribution in [2.45, 2.75) is 34.2 Å². The van der Waals surface area contributed by atoms with Gasteiger partial charge in [-0.3, -0.25) is 9.59 Å². The van der Waals surface area contributed by atoms with Gasteiger partial charge in [-0.05, 0) is 41.8 Å². The first-order valence-electron chi connectivity index (χ1n) is 7.19. The van der Waals surface area contributed by atoms with Gasteiger partial charge in [-0.15, -0.1) is 0 Å². The van der Waals surface area contributed by atoms with Crippen LogP contribution in [0.3, 0.4) is 0 Å². The minimum Gasteiger partial charge on any atom is -0.465 e. The minimum atomic E-state index is -0.375. The van der Waals surface area contributed by atoms with Gasteiger partial charge in [0.25, 0.3) is 5.91 Å². The second kappa shape index (κ2) is 8.22. The Labute approximate surface area is 134 Å². The molecule has 1 aromatic heterocycles. The van der Waals surface area contributed by atoms with E-state index in [-0.39, 0.29) is 24.3 Å². The predicted octanol–water partition coefficient (Wildman–Crippen LogP) is 2.93. The zero-order valence-electron chi connectivity index (χ0n) is 13.1. The van der Waals surface area contributed by atoms with Crippen LogP contribution in [0, 0.1) is 5.92 Å². The van der Waals surface area contributed by atoms with Crippen molar-refractivity contribution in [3.63, 3.8) is 0 Å². The normalized spacial score (nSPS) is 10.8. The number of rotatable bonds is 7. The highest BCUT2D eigenvalue weighted by atomic mass is 79.9. The van der Waals surface area contributed by atoms with Gasteiger partial charge in [-0.2, -0.15) is 0 Å². The van der Waals surface area contributed by atoms with Crippen LogP contribution in [0.5, 0.6) is 0 Å². The highest BCUT2D eigenvalue weighted by molar-refractivity contribution is 9.10. The second-order valence-electron chi connectivity index (χ2n) is 5.21. The van der Waals surface area contributed by atoms with Crippen LogP contribution < -0.4 is 0 Å². The molecule has 1 amide bonds. The molecule has 0 saturated heterocycles. The lowest BCUT2D eigenvalue weighted by molar-refractivity contribution is -0.143. The average molecular weight is 359 g/mol. The largest absolute Gasteiger partial charge is 0.465 e. The molecule has 0 aliphatic heterocycles. The van der Waals surface area contributed by atoms with Crippen LogP contribution in [0.2, 0.25) is 0 Å². The highest BCUT2D eigenvalue weighted by Gasteiger charge is 2.23. The quantitative estimate of drug-likeness (QED) is 0.704. The number of carbonyl (C=O) groups is 2. The summed E-state index contributed by atoms with van der Waals surface area (Å²) < 4.78 is 7.67. The Morgan fingerprint density at radius 1 is 1.38 bits per heavy atom. The van der Waals surface area contributed by atoms with E-state index in [2.05, 4.69) is 15.9 Å². The maximum absolute atomic E-state index is 12.7. The van der Waals surface area contributed by atoms with Crippen molar-refractivity contribution in [3.05, 3.63) is 22.4 Å². The molecule has 1 aromatic rings. The molecular weight excluding hydrogens is 336 g/mol. The predicted molar refractivity (Wildman–Crippen MR) is 85.2 cm³/mol. The van der Waals surface area contributed by atoms with Crippen LogP contribution in [0.4, 0.5) is 0 Å². The Hall–Kier alpha value is -1.30. The number of aromatic nitrogens is 1. The number of nitrogens with zero attached hydrogens (tertiary/aromatic N) is 2. The highest BCUT2D eigenvalue weighted by Crippen LogP contribution is 2.17. The van der Waals surface area contributed by atoms with E-state index in [9.17, 15) is 9.59 Å². The number of ether oxygens (including phenoxy) is 1. The molecule has 118 valence electrons. The molecule has 0 unspecified atom stereocenters. The van der Waals surface area contributed by atoms with E-state index in [0.717, 1.165) is 4.47 Å². The molecule has 21 heavy (non-hydrogen) atoms. The zero-order chi connectivity index (χ0) is 16.0. The Kier molecular flexibility index (Phi) is 6.95. The lowest BCUT2D eigenvalue weighted by atomic mass is 10.2. The first-order chi connectivity index (χ1) is 9.88. The van der Waals surface area contributed by atoms with E-state index in [0.29, 0.717) is 25.4 Å². The molecule has 0 N–H and O–H groups in total. The van der Waals surface area contributed by atoms with Crippen LogP contribution >= 0.6 is 15.9 Å². The van der Waals surface area contributed by atoms with Crippen molar-refractivity contribution in [2.75, 3.05) is 19.7 Å². The number of hydrogen-bond acceptors (Lipinski definition) is 3. The molecule has 0 aliphatic carbocycles. The summed E-state index contributed by atoms with van der Waals surface area (Å²) in [5.41, 5.74) is 0.578. The van der Waals surface area contributed by atoms with Gasteiger partial charge >= 0.3 is 5.97 Å². The van der Waals surface area contributed by atoms with Crippen LogP contribution in [0.1, 0.15) is 38.2 Å². The van der Waals surface area contributed by atoms with E-state index >= 15 is 0 Å². The zero-order valence-corrected chi connectivity index (χ0v) is 14.6. The summed E-state index contributed by atoms with van der Waals surface area (Å²) in [6.45, 7) is 9.27. The van der Waals surface area contributed by atoms with Gasteiger partial charge in [-0.1, -0.05) is 13.8 Å². The van der Waals surface area contributed by atoms with E-state index in [1.807, 2.05) is 31.5 Å². The summed E-state index contributed by atoms with van der Waals surface area (Å²) >= 11 is 3.38. The third-order valence-electron chi connectivity index (χ3n) is 2.92. The molecule has 5 nitrogen and oxygen atoms in total.